The number of carbonyl (C=O) groups is 2. The Kier molecular flexibility index (Phi) is 7.50. The molecule has 0 aromatic heterocycles. The Labute approximate surface area is 193 Å². The molecule has 30 heavy (non-hydrogen) atoms. The first-order chi connectivity index (χ1) is 14.3. The van der Waals surface area contributed by atoms with E-state index in [0.717, 1.165) is 14.5 Å². The minimum absolute atomic E-state index is 0.0973. The largest absolute Gasteiger partial charge is 0.507 e. The van der Waals surface area contributed by atoms with Crippen LogP contribution < -0.4 is 0 Å². The smallest absolute Gasteiger partial charge is 0.295 e. The van der Waals surface area contributed by atoms with Crippen LogP contribution in [0.5, 0.6) is 0 Å². The van der Waals surface area contributed by atoms with Crippen molar-refractivity contribution in [2.24, 2.45) is 0 Å². The minimum Gasteiger partial charge on any atom is -0.507 e. The Morgan fingerprint density at radius 1 is 1.03 bits per heavy atom. The summed E-state index contributed by atoms with van der Waals surface area (Å²) in [7, 11) is 0. The Morgan fingerprint density at radius 3 is 2.17 bits per heavy atom. The van der Waals surface area contributed by atoms with Gasteiger partial charge < -0.3 is 14.7 Å². The summed E-state index contributed by atoms with van der Waals surface area (Å²) < 4.78 is 7.33. The van der Waals surface area contributed by atoms with E-state index in [0.29, 0.717) is 25.1 Å². The molecule has 0 unspecified atom stereocenters. The van der Waals surface area contributed by atoms with Crippen LogP contribution in [-0.2, 0) is 14.3 Å². The fourth-order valence-electron chi connectivity index (χ4n) is 3.42. The van der Waals surface area contributed by atoms with Crippen LogP contribution in [0.15, 0.2) is 63.0 Å². The number of likely N-dealkylation sites (tertiary alicyclic amines) is 1. The fraction of sp³-hybridized carbons (Fsp3) is 0.304. The van der Waals surface area contributed by atoms with Crippen LogP contribution in [0.25, 0.3) is 5.76 Å². The molecule has 0 saturated carbocycles. The molecule has 1 heterocycles. The zero-order chi connectivity index (χ0) is 21.8. The molecule has 1 N–H and O–H groups in total. The number of ketones is 1. The van der Waals surface area contributed by atoms with Crippen LogP contribution in [-0.4, -0.2) is 41.0 Å². The summed E-state index contributed by atoms with van der Waals surface area (Å²) in [4.78, 5) is 27.3. The van der Waals surface area contributed by atoms with Gasteiger partial charge in [0.15, 0.2) is 0 Å². The van der Waals surface area contributed by atoms with E-state index in [1.165, 1.54) is 4.90 Å². The van der Waals surface area contributed by atoms with Gasteiger partial charge in [-0.1, -0.05) is 56.1 Å². The molecule has 1 aliphatic heterocycles. The number of hydrogen-bond acceptors (Lipinski definition) is 4. The SMILES string of the molecule is CC(C)OCCCN1C(=O)C(=O)C(=C(O)c2ccc(Br)cc2)[C@@H]1c1ccc(Br)cc1. The summed E-state index contributed by atoms with van der Waals surface area (Å²) in [5, 5.41) is 11.0. The molecule has 0 aliphatic carbocycles. The Hall–Kier alpha value is -1.96. The maximum Gasteiger partial charge on any atom is 0.295 e. The predicted molar refractivity (Wildman–Crippen MR) is 123 cm³/mol. The molecule has 5 nitrogen and oxygen atoms in total. The first-order valence-electron chi connectivity index (χ1n) is 9.71. The topological polar surface area (TPSA) is 66.8 Å². The van der Waals surface area contributed by atoms with Crippen LogP contribution in [0, 0.1) is 0 Å². The Balaban J connectivity index is 2.01. The first kappa shape index (κ1) is 22.7. The molecule has 1 fully saturated rings. The second-order valence-electron chi connectivity index (χ2n) is 7.32. The van der Waals surface area contributed by atoms with E-state index in [1.54, 1.807) is 24.3 Å². The van der Waals surface area contributed by atoms with Gasteiger partial charge >= 0.3 is 0 Å². The molecule has 1 aliphatic rings. The molecule has 7 heteroatoms. The number of halogens is 2. The maximum absolute atomic E-state index is 12.9. The van der Waals surface area contributed by atoms with Gasteiger partial charge in [-0.2, -0.15) is 0 Å². The molecular weight excluding hydrogens is 514 g/mol. The van der Waals surface area contributed by atoms with Gasteiger partial charge in [0.05, 0.1) is 17.7 Å². The van der Waals surface area contributed by atoms with E-state index in [-0.39, 0.29) is 17.4 Å². The van der Waals surface area contributed by atoms with Crippen LogP contribution >= 0.6 is 31.9 Å². The highest BCUT2D eigenvalue weighted by molar-refractivity contribution is 9.10. The average molecular weight is 537 g/mol. The molecule has 1 saturated heterocycles. The quantitative estimate of drug-likeness (QED) is 0.221. The lowest BCUT2D eigenvalue weighted by molar-refractivity contribution is -0.140. The summed E-state index contributed by atoms with van der Waals surface area (Å²) in [6, 6.07) is 13.8. The van der Waals surface area contributed by atoms with Gasteiger partial charge in [-0.15, -0.1) is 0 Å². The zero-order valence-corrected chi connectivity index (χ0v) is 19.9. The van der Waals surface area contributed by atoms with Crippen molar-refractivity contribution in [1.29, 1.82) is 0 Å². The molecule has 3 rings (SSSR count). The molecule has 0 radical (unpaired) electrons. The summed E-state index contributed by atoms with van der Waals surface area (Å²) in [6.07, 6.45) is 0.691. The minimum atomic E-state index is -0.673. The zero-order valence-electron chi connectivity index (χ0n) is 16.8. The molecule has 158 valence electrons. The monoisotopic (exact) mass is 535 g/mol. The number of amides is 1. The van der Waals surface area contributed by atoms with Gasteiger partial charge in [0.1, 0.15) is 5.76 Å². The first-order valence-corrected chi connectivity index (χ1v) is 11.3. The number of Topliss-reactive ketones (excluding diaryl/α,β-unsaturated/α-hetero) is 1. The second kappa shape index (κ2) is 9.90. The predicted octanol–water partition coefficient (Wildman–Crippen LogP) is 5.45. The number of benzene rings is 2. The molecular formula is C23H23Br2NO4. The number of carbonyl (C=O) groups excluding carboxylic acids is 2. The lowest BCUT2D eigenvalue weighted by Crippen LogP contribution is -2.31. The number of aliphatic hydroxyl groups excluding tert-OH is 1. The Bertz CT molecular complexity index is 952. The third kappa shape index (κ3) is 5.02. The molecule has 2 aromatic rings. The lowest BCUT2D eigenvalue weighted by atomic mass is 9.95. The van der Waals surface area contributed by atoms with E-state index in [4.69, 9.17) is 4.74 Å². The van der Waals surface area contributed by atoms with E-state index in [9.17, 15) is 14.7 Å². The summed E-state index contributed by atoms with van der Waals surface area (Å²) in [5.74, 6) is -1.45. The van der Waals surface area contributed by atoms with Crippen molar-refractivity contribution >= 4 is 49.3 Å². The molecule has 2 aromatic carbocycles. The van der Waals surface area contributed by atoms with Crippen LogP contribution in [0.1, 0.15) is 37.4 Å². The third-order valence-corrected chi connectivity index (χ3v) is 5.90. The summed E-state index contributed by atoms with van der Waals surface area (Å²) in [5.41, 5.74) is 1.36. The van der Waals surface area contributed by atoms with Crippen molar-refractivity contribution in [3.63, 3.8) is 0 Å². The molecule has 1 atom stereocenters. The van der Waals surface area contributed by atoms with E-state index >= 15 is 0 Å². The third-order valence-electron chi connectivity index (χ3n) is 4.84. The van der Waals surface area contributed by atoms with Gasteiger partial charge in [-0.25, -0.2) is 0 Å². The average Bonchev–Trinajstić information content (AvgIpc) is 2.96. The van der Waals surface area contributed by atoms with Crippen molar-refractivity contribution in [2.75, 3.05) is 13.2 Å². The van der Waals surface area contributed by atoms with Crippen molar-refractivity contribution in [3.05, 3.63) is 74.2 Å². The van der Waals surface area contributed by atoms with Crippen LogP contribution in [0.2, 0.25) is 0 Å². The van der Waals surface area contributed by atoms with Gasteiger partial charge in [-0.05, 0) is 50.1 Å². The highest BCUT2D eigenvalue weighted by Crippen LogP contribution is 2.39. The van der Waals surface area contributed by atoms with Crippen molar-refractivity contribution < 1.29 is 19.4 Å². The number of rotatable bonds is 7. The fourth-order valence-corrected chi connectivity index (χ4v) is 3.95. The van der Waals surface area contributed by atoms with Gasteiger partial charge in [0, 0.05) is 27.7 Å². The van der Waals surface area contributed by atoms with Gasteiger partial charge in [0.25, 0.3) is 11.7 Å². The number of nitrogens with zero attached hydrogens (tertiary/aromatic N) is 1. The van der Waals surface area contributed by atoms with E-state index in [1.807, 2.05) is 38.1 Å². The molecule has 1 amide bonds. The van der Waals surface area contributed by atoms with E-state index < -0.39 is 17.7 Å². The molecule has 0 spiro atoms. The van der Waals surface area contributed by atoms with Crippen LogP contribution in [0.3, 0.4) is 0 Å². The number of hydrogen-bond donors (Lipinski definition) is 1. The summed E-state index contributed by atoms with van der Waals surface area (Å²) in [6.45, 7) is 4.74. The summed E-state index contributed by atoms with van der Waals surface area (Å²) >= 11 is 6.78. The number of aliphatic hydroxyl groups is 1. The number of ether oxygens (including phenoxy) is 1. The van der Waals surface area contributed by atoms with Crippen molar-refractivity contribution in [2.45, 2.75) is 32.4 Å². The Morgan fingerprint density at radius 2 is 1.60 bits per heavy atom. The van der Waals surface area contributed by atoms with Crippen molar-refractivity contribution in [3.8, 4) is 0 Å². The highest BCUT2D eigenvalue weighted by Gasteiger charge is 2.45. The van der Waals surface area contributed by atoms with Crippen molar-refractivity contribution in [1.82, 2.24) is 4.90 Å². The normalized spacial score (nSPS) is 18.4. The van der Waals surface area contributed by atoms with Crippen LogP contribution in [0.4, 0.5) is 0 Å². The van der Waals surface area contributed by atoms with Gasteiger partial charge in [0.2, 0.25) is 0 Å². The molecule has 0 bridgehead atoms. The standard InChI is InChI=1S/C23H23Br2NO4/c1-14(2)30-13-3-12-26-20(15-4-8-17(24)9-5-15)19(22(28)23(26)29)21(27)16-6-10-18(25)11-7-16/h4-11,14,20,27H,3,12-13H2,1-2H3/t20-/m0/s1. The maximum atomic E-state index is 12.9. The van der Waals surface area contributed by atoms with E-state index in [2.05, 4.69) is 31.9 Å². The second-order valence-corrected chi connectivity index (χ2v) is 9.16. The van der Waals surface area contributed by atoms with Gasteiger partial charge in [-0.3, -0.25) is 9.59 Å². The lowest BCUT2D eigenvalue weighted by Gasteiger charge is -2.25. The highest BCUT2D eigenvalue weighted by atomic mass is 79.9.